The molecule has 2 aromatic carbocycles. The van der Waals surface area contributed by atoms with Crippen molar-refractivity contribution in [3.05, 3.63) is 53.7 Å². The Morgan fingerprint density at radius 2 is 1.66 bits per heavy atom. The number of nitrogens with zero attached hydrogens (tertiary/aromatic N) is 1. The van der Waals surface area contributed by atoms with Gasteiger partial charge in [-0.05, 0) is 24.5 Å². The summed E-state index contributed by atoms with van der Waals surface area (Å²) in [7, 11) is -0.872. The minimum Gasteiger partial charge on any atom is -0.497 e. The van der Waals surface area contributed by atoms with Gasteiger partial charge in [-0.2, -0.15) is 0 Å². The molecule has 3 aromatic rings. The highest BCUT2D eigenvalue weighted by atomic mass is 32.2. The molecule has 29 heavy (non-hydrogen) atoms. The zero-order valence-electron chi connectivity index (χ0n) is 17.0. The highest BCUT2D eigenvalue weighted by molar-refractivity contribution is 7.92. The van der Waals surface area contributed by atoms with Gasteiger partial charge in [0.25, 0.3) is 10.0 Å². The number of nitrogens with one attached hydrogen (secondary N) is 1. The average Bonchev–Trinajstić information content (AvgIpc) is 3.13. The third kappa shape index (κ3) is 4.54. The third-order valence-corrected chi connectivity index (χ3v) is 5.88. The van der Waals surface area contributed by atoms with Crippen LogP contribution in [0.1, 0.15) is 31.0 Å². The maximum absolute atomic E-state index is 13.3. The molecule has 0 atom stereocenters. The van der Waals surface area contributed by atoms with E-state index in [1.54, 1.807) is 36.4 Å². The molecular formula is C21H24N2O5S. The Morgan fingerprint density at radius 1 is 1.00 bits per heavy atom. The number of hydrogen-bond donors (Lipinski definition) is 1. The van der Waals surface area contributed by atoms with E-state index in [4.69, 9.17) is 14.0 Å². The second kappa shape index (κ2) is 8.16. The highest BCUT2D eigenvalue weighted by Gasteiger charge is 2.22. The van der Waals surface area contributed by atoms with Crippen LogP contribution in [0, 0.1) is 6.92 Å². The van der Waals surface area contributed by atoms with Gasteiger partial charge in [0.05, 0.1) is 30.5 Å². The van der Waals surface area contributed by atoms with Crippen molar-refractivity contribution in [1.82, 2.24) is 5.16 Å². The lowest BCUT2D eigenvalue weighted by atomic mass is 10.0. The maximum Gasteiger partial charge on any atom is 0.262 e. The van der Waals surface area contributed by atoms with Gasteiger partial charge < -0.3 is 14.0 Å². The number of anilines is 1. The van der Waals surface area contributed by atoms with Gasteiger partial charge in [0.15, 0.2) is 5.76 Å². The van der Waals surface area contributed by atoms with Crippen LogP contribution in [-0.2, 0) is 10.0 Å². The molecule has 0 radical (unpaired) electrons. The first-order valence-corrected chi connectivity index (χ1v) is 10.6. The molecule has 0 spiro atoms. The molecule has 0 saturated heterocycles. The third-order valence-electron chi connectivity index (χ3n) is 4.44. The quantitative estimate of drug-likeness (QED) is 0.606. The van der Waals surface area contributed by atoms with Crippen molar-refractivity contribution in [2.75, 3.05) is 18.9 Å². The number of hydrogen-bond acceptors (Lipinski definition) is 6. The molecule has 1 aromatic heterocycles. The molecule has 0 aliphatic heterocycles. The molecule has 0 bridgehead atoms. The van der Waals surface area contributed by atoms with Crippen molar-refractivity contribution in [1.29, 1.82) is 0 Å². The van der Waals surface area contributed by atoms with Crippen molar-refractivity contribution in [2.45, 2.75) is 31.6 Å². The molecule has 0 unspecified atom stereocenters. The van der Waals surface area contributed by atoms with Crippen LogP contribution in [-0.4, -0.2) is 27.8 Å². The van der Waals surface area contributed by atoms with E-state index in [0.717, 1.165) is 5.69 Å². The van der Waals surface area contributed by atoms with E-state index in [2.05, 4.69) is 9.88 Å². The Balaban J connectivity index is 2.07. The van der Waals surface area contributed by atoms with Crippen molar-refractivity contribution in [3.63, 3.8) is 0 Å². The smallest absolute Gasteiger partial charge is 0.262 e. The van der Waals surface area contributed by atoms with Crippen molar-refractivity contribution in [3.8, 4) is 22.8 Å². The number of rotatable bonds is 7. The summed E-state index contributed by atoms with van der Waals surface area (Å²) in [6.07, 6.45) is 0. The van der Waals surface area contributed by atoms with E-state index >= 15 is 0 Å². The first kappa shape index (κ1) is 20.7. The van der Waals surface area contributed by atoms with E-state index in [1.165, 1.54) is 14.2 Å². The van der Waals surface area contributed by atoms with Gasteiger partial charge in [-0.15, -0.1) is 0 Å². The van der Waals surface area contributed by atoms with Gasteiger partial charge in [-0.25, -0.2) is 8.42 Å². The number of sulfonamides is 1. The summed E-state index contributed by atoms with van der Waals surface area (Å²) in [6, 6.07) is 11.9. The van der Waals surface area contributed by atoms with Crippen LogP contribution in [0.3, 0.4) is 0 Å². The van der Waals surface area contributed by atoms with Crippen LogP contribution in [0.2, 0.25) is 0 Å². The number of aryl methyl sites for hydroxylation is 1. The second-order valence-corrected chi connectivity index (χ2v) is 8.60. The van der Waals surface area contributed by atoms with E-state index < -0.39 is 10.0 Å². The largest absolute Gasteiger partial charge is 0.497 e. The molecular weight excluding hydrogens is 392 g/mol. The van der Waals surface area contributed by atoms with Gasteiger partial charge in [0.1, 0.15) is 11.5 Å². The predicted octanol–water partition coefficient (Wildman–Crippen LogP) is 4.59. The number of benzene rings is 2. The van der Waals surface area contributed by atoms with Gasteiger partial charge >= 0.3 is 0 Å². The lowest BCUT2D eigenvalue weighted by Gasteiger charge is -2.16. The normalized spacial score (nSPS) is 11.5. The molecule has 1 heterocycles. The Hall–Kier alpha value is -3.00. The molecule has 8 heteroatoms. The zero-order valence-corrected chi connectivity index (χ0v) is 17.8. The Kier molecular flexibility index (Phi) is 5.83. The standard InChI is InChI=1S/C21H24N2O5S/c1-13(2)19-7-6-15(20-8-14(3)22-28-20)9-21(19)29(24,25)23-16-10-17(26-4)12-18(11-16)27-5/h6-13,23H,1-5H3. The summed E-state index contributed by atoms with van der Waals surface area (Å²) in [4.78, 5) is 0.181. The second-order valence-electron chi connectivity index (χ2n) is 6.95. The fourth-order valence-corrected chi connectivity index (χ4v) is 4.41. The molecule has 154 valence electrons. The zero-order chi connectivity index (χ0) is 21.2. The minimum atomic E-state index is -3.89. The lowest BCUT2D eigenvalue weighted by Crippen LogP contribution is -2.16. The van der Waals surface area contributed by atoms with Crippen LogP contribution in [0.4, 0.5) is 5.69 Å². The summed E-state index contributed by atoms with van der Waals surface area (Å²) in [6.45, 7) is 5.70. The molecule has 3 rings (SSSR count). The molecule has 0 aliphatic rings. The van der Waals surface area contributed by atoms with Crippen molar-refractivity contribution < 1.29 is 22.4 Å². The van der Waals surface area contributed by atoms with Crippen molar-refractivity contribution >= 4 is 15.7 Å². The molecule has 0 aliphatic carbocycles. The van der Waals surface area contributed by atoms with Gasteiger partial charge in [-0.1, -0.05) is 31.1 Å². The maximum atomic E-state index is 13.3. The molecule has 1 N–H and O–H groups in total. The van der Waals surface area contributed by atoms with E-state index in [0.29, 0.717) is 34.1 Å². The Morgan fingerprint density at radius 3 is 2.17 bits per heavy atom. The Labute approximate surface area is 170 Å². The van der Waals surface area contributed by atoms with Gasteiger partial charge in [0.2, 0.25) is 0 Å². The van der Waals surface area contributed by atoms with Gasteiger partial charge in [0, 0.05) is 29.8 Å². The van der Waals surface area contributed by atoms with Gasteiger partial charge in [-0.3, -0.25) is 4.72 Å². The SMILES string of the molecule is COc1cc(NS(=O)(=O)c2cc(-c3cc(C)no3)ccc2C(C)C)cc(OC)c1. The highest BCUT2D eigenvalue weighted by Crippen LogP contribution is 2.32. The van der Waals surface area contributed by atoms with Crippen LogP contribution in [0.15, 0.2) is 51.9 Å². The monoisotopic (exact) mass is 416 g/mol. The summed E-state index contributed by atoms with van der Waals surface area (Å²) in [5.74, 6) is 1.48. The first-order chi connectivity index (χ1) is 13.7. The molecule has 0 amide bonds. The number of ether oxygens (including phenoxy) is 2. The average molecular weight is 416 g/mol. The van der Waals surface area contributed by atoms with Crippen LogP contribution < -0.4 is 14.2 Å². The van der Waals surface area contributed by atoms with E-state index in [9.17, 15) is 8.42 Å². The summed E-state index contributed by atoms with van der Waals surface area (Å²) in [5.41, 5.74) is 2.40. The van der Waals surface area contributed by atoms with E-state index in [-0.39, 0.29) is 10.8 Å². The first-order valence-electron chi connectivity index (χ1n) is 9.07. The molecule has 0 fully saturated rings. The lowest BCUT2D eigenvalue weighted by molar-refractivity contribution is 0.395. The summed E-state index contributed by atoms with van der Waals surface area (Å²) in [5, 5.41) is 3.88. The minimum absolute atomic E-state index is 0.00642. The van der Waals surface area contributed by atoms with Crippen LogP contribution in [0.5, 0.6) is 11.5 Å². The Bertz CT molecular complexity index is 1100. The molecule has 7 nitrogen and oxygen atoms in total. The predicted molar refractivity (Wildman–Crippen MR) is 111 cm³/mol. The van der Waals surface area contributed by atoms with Crippen LogP contribution in [0.25, 0.3) is 11.3 Å². The fourth-order valence-electron chi connectivity index (χ4n) is 2.97. The number of methoxy groups -OCH3 is 2. The summed E-state index contributed by atoms with van der Waals surface area (Å²) < 4.78 is 44.9. The molecule has 0 saturated carbocycles. The van der Waals surface area contributed by atoms with Crippen LogP contribution >= 0.6 is 0 Å². The number of aromatic nitrogens is 1. The fraction of sp³-hybridized carbons (Fsp3) is 0.286. The van der Waals surface area contributed by atoms with E-state index in [1.807, 2.05) is 26.8 Å². The van der Waals surface area contributed by atoms with Crippen molar-refractivity contribution in [2.24, 2.45) is 0 Å². The summed E-state index contributed by atoms with van der Waals surface area (Å²) >= 11 is 0. The topological polar surface area (TPSA) is 90.7 Å².